The molecule has 1 atom stereocenters. The third-order valence-electron chi connectivity index (χ3n) is 4.96. The number of rotatable bonds is 5. The molecule has 0 spiro atoms. The Bertz CT molecular complexity index is 908. The van der Waals surface area contributed by atoms with Crippen molar-refractivity contribution < 1.29 is 9.90 Å². The Morgan fingerprint density at radius 1 is 1.15 bits per heavy atom. The standard InChI is InChI=1S/C20H21N5O2/c26-20(27)16-3-4-18(23-12-16)24-10-1-2-17(14-24)19-22-9-11-25(19)13-15-5-7-21-8-6-15/h3-9,11-12,17H,1-2,10,13-14H2,(H,26,27)/t17-/m0/s1. The van der Waals surface area contributed by atoms with Crippen LogP contribution in [0.5, 0.6) is 0 Å². The number of carbonyl (C=O) groups is 1. The van der Waals surface area contributed by atoms with Crippen LogP contribution in [0.2, 0.25) is 0 Å². The summed E-state index contributed by atoms with van der Waals surface area (Å²) >= 11 is 0. The molecule has 138 valence electrons. The van der Waals surface area contributed by atoms with Crippen molar-refractivity contribution >= 4 is 11.8 Å². The summed E-state index contributed by atoms with van der Waals surface area (Å²) in [5.74, 6) is 1.26. The minimum Gasteiger partial charge on any atom is -0.478 e. The SMILES string of the molecule is O=C(O)c1ccc(N2CCC[C@H](c3nccn3Cc3ccncc3)C2)nc1. The molecule has 0 bridgehead atoms. The second kappa shape index (κ2) is 7.57. The van der Waals surface area contributed by atoms with E-state index in [-0.39, 0.29) is 5.56 Å². The van der Waals surface area contributed by atoms with Gasteiger partial charge >= 0.3 is 5.97 Å². The second-order valence-electron chi connectivity index (χ2n) is 6.76. The fourth-order valence-electron chi connectivity index (χ4n) is 3.59. The van der Waals surface area contributed by atoms with E-state index in [0.717, 1.165) is 44.1 Å². The maximum atomic E-state index is 11.0. The summed E-state index contributed by atoms with van der Waals surface area (Å²) < 4.78 is 2.20. The predicted octanol–water partition coefficient (Wildman–Crippen LogP) is 2.80. The van der Waals surface area contributed by atoms with Crippen LogP contribution < -0.4 is 4.90 Å². The van der Waals surface area contributed by atoms with E-state index in [2.05, 4.69) is 24.4 Å². The van der Waals surface area contributed by atoms with E-state index in [4.69, 9.17) is 5.11 Å². The van der Waals surface area contributed by atoms with Gasteiger partial charge in [-0.15, -0.1) is 0 Å². The lowest BCUT2D eigenvalue weighted by Gasteiger charge is -2.33. The van der Waals surface area contributed by atoms with Crippen molar-refractivity contribution in [2.45, 2.75) is 25.3 Å². The molecule has 1 aliphatic heterocycles. The number of aromatic carboxylic acids is 1. The number of piperidine rings is 1. The van der Waals surface area contributed by atoms with Crippen molar-refractivity contribution in [3.05, 3.63) is 72.2 Å². The molecule has 0 unspecified atom stereocenters. The van der Waals surface area contributed by atoms with Crippen molar-refractivity contribution in [1.29, 1.82) is 0 Å². The van der Waals surface area contributed by atoms with Crippen LogP contribution in [0.1, 0.15) is 40.5 Å². The lowest BCUT2D eigenvalue weighted by molar-refractivity contribution is 0.0696. The molecule has 7 nitrogen and oxygen atoms in total. The summed E-state index contributed by atoms with van der Waals surface area (Å²) in [6, 6.07) is 7.43. The fraction of sp³-hybridized carbons (Fsp3) is 0.300. The molecule has 7 heteroatoms. The monoisotopic (exact) mass is 363 g/mol. The number of imidazole rings is 1. The highest BCUT2D eigenvalue weighted by Gasteiger charge is 2.25. The number of anilines is 1. The quantitative estimate of drug-likeness (QED) is 0.750. The van der Waals surface area contributed by atoms with Crippen LogP contribution in [0.25, 0.3) is 0 Å². The van der Waals surface area contributed by atoms with Crippen LogP contribution in [-0.2, 0) is 6.54 Å². The van der Waals surface area contributed by atoms with Gasteiger partial charge in [0.1, 0.15) is 11.6 Å². The summed E-state index contributed by atoms with van der Waals surface area (Å²) in [5, 5.41) is 9.04. The Morgan fingerprint density at radius 3 is 2.74 bits per heavy atom. The van der Waals surface area contributed by atoms with Gasteiger partial charge in [-0.3, -0.25) is 4.98 Å². The van der Waals surface area contributed by atoms with E-state index in [1.165, 1.54) is 11.8 Å². The second-order valence-corrected chi connectivity index (χ2v) is 6.76. The van der Waals surface area contributed by atoms with Gasteiger partial charge < -0.3 is 14.6 Å². The number of nitrogens with zero attached hydrogens (tertiary/aromatic N) is 5. The summed E-state index contributed by atoms with van der Waals surface area (Å²) in [7, 11) is 0. The van der Waals surface area contributed by atoms with Crippen LogP contribution >= 0.6 is 0 Å². The number of pyridine rings is 2. The molecule has 3 aromatic rings. The third kappa shape index (κ3) is 3.81. The van der Waals surface area contributed by atoms with E-state index in [9.17, 15) is 4.79 Å². The smallest absolute Gasteiger partial charge is 0.337 e. The number of hydrogen-bond acceptors (Lipinski definition) is 5. The molecule has 1 N–H and O–H groups in total. The van der Waals surface area contributed by atoms with Gasteiger partial charge in [-0.2, -0.15) is 0 Å². The Morgan fingerprint density at radius 2 is 2.00 bits per heavy atom. The molecule has 4 heterocycles. The molecule has 4 rings (SSSR count). The van der Waals surface area contributed by atoms with E-state index in [0.29, 0.717) is 5.92 Å². The number of carboxylic acid groups (broad SMARTS) is 1. The summed E-state index contributed by atoms with van der Waals surface area (Å²) in [6.45, 7) is 2.52. The first-order chi connectivity index (χ1) is 13.2. The first kappa shape index (κ1) is 17.2. The molecule has 0 aliphatic carbocycles. The van der Waals surface area contributed by atoms with E-state index in [1.807, 2.05) is 24.5 Å². The summed E-state index contributed by atoms with van der Waals surface area (Å²) in [5.41, 5.74) is 1.41. The van der Waals surface area contributed by atoms with Gasteiger partial charge in [-0.25, -0.2) is 14.8 Å². The molecule has 3 aromatic heterocycles. The molecule has 0 saturated carbocycles. The van der Waals surface area contributed by atoms with Crippen molar-refractivity contribution in [3.63, 3.8) is 0 Å². The van der Waals surface area contributed by atoms with Crippen LogP contribution in [0.3, 0.4) is 0 Å². The highest BCUT2D eigenvalue weighted by atomic mass is 16.4. The molecule has 1 aliphatic rings. The molecular weight excluding hydrogens is 342 g/mol. The zero-order valence-electron chi connectivity index (χ0n) is 14.9. The molecular formula is C20H21N5O2. The predicted molar refractivity (Wildman–Crippen MR) is 101 cm³/mol. The average Bonchev–Trinajstić information content (AvgIpc) is 3.17. The normalized spacial score (nSPS) is 17.0. The lowest BCUT2D eigenvalue weighted by Crippen LogP contribution is -2.36. The van der Waals surface area contributed by atoms with Crippen molar-refractivity contribution in [2.75, 3.05) is 18.0 Å². The summed E-state index contributed by atoms with van der Waals surface area (Å²) in [4.78, 5) is 26.3. The fourth-order valence-corrected chi connectivity index (χ4v) is 3.59. The molecule has 0 amide bonds. The molecule has 0 radical (unpaired) electrons. The first-order valence-corrected chi connectivity index (χ1v) is 9.05. The Kier molecular flexibility index (Phi) is 4.82. The zero-order valence-corrected chi connectivity index (χ0v) is 14.9. The van der Waals surface area contributed by atoms with E-state index in [1.54, 1.807) is 24.5 Å². The van der Waals surface area contributed by atoms with Gasteiger partial charge in [0, 0.05) is 56.5 Å². The van der Waals surface area contributed by atoms with Crippen molar-refractivity contribution in [3.8, 4) is 0 Å². The largest absolute Gasteiger partial charge is 0.478 e. The maximum absolute atomic E-state index is 11.0. The van der Waals surface area contributed by atoms with Gasteiger partial charge in [0.25, 0.3) is 0 Å². The molecule has 1 fully saturated rings. The topological polar surface area (TPSA) is 84.1 Å². The zero-order chi connectivity index (χ0) is 18.6. The molecule has 1 saturated heterocycles. The van der Waals surface area contributed by atoms with Gasteiger partial charge in [0.2, 0.25) is 0 Å². The summed E-state index contributed by atoms with van der Waals surface area (Å²) in [6.07, 6.45) is 11.0. The van der Waals surface area contributed by atoms with Crippen molar-refractivity contribution in [1.82, 2.24) is 19.5 Å². The maximum Gasteiger partial charge on any atom is 0.337 e. The Labute approximate surface area is 157 Å². The van der Waals surface area contributed by atoms with Crippen molar-refractivity contribution in [2.24, 2.45) is 0 Å². The van der Waals surface area contributed by atoms with Crippen LogP contribution in [0, 0.1) is 0 Å². The Balaban J connectivity index is 1.50. The minimum atomic E-state index is -0.955. The number of hydrogen-bond donors (Lipinski definition) is 1. The average molecular weight is 363 g/mol. The van der Waals surface area contributed by atoms with Gasteiger partial charge in [-0.05, 0) is 42.7 Å². The highest BCUT2D eigenvalue weighted by Crippen LogP contribution is 2.28. The minimum absolute atomic E-state index is 0.209. The van der Waals surface area contributed by atoms with Gasteiger partial charge in [0.05, 0.1) is 5.56 Å². The highest BCUT2D eigenvalue weighted by molar-refractivity contribution is 5.87. The third-order valence-corrected chi connectivity index (χ3v) is 4.96. The first-order valence-electron chi connectivity index (χ1n) is 9.05. The Hall–Kier alpha value is -3.22. The van der Waals surface area contributed by atoms with Crippen LogP contribution in [0.15, 0.2) is 55.2 Å². The van der Waals surface area contributed by atoms with E-state index >= 15 is 0 Å². The number of carboxylic acids is 1. The van der Waals surface area contributed by atoms with Crippen LogP contribution in [0.4, 0.5) is 5.82 Å². The van der Waals surface area contributed by atoms with Gasteiger partial charge in [-0.1, -0.05) is 0 Å². The van der Waals surface area contributed by atoms with E-state index < -0.39 is 5.97 Å². The number of aromatic nitrogens is 4. The molecule has 0 aromatic carbocycles. The van der Waals surface area contributed by atoms with Gasteiger partial charge in [0.15, 0.2) is 0 Å². The van der Waals surface area contributed by atoms with Crippen LogP contribution in [-0.4, -0.2) is 43.7 Å². The molecule has 27 heavy (non-hydrogen) atoms. The lowest BCUT2D eigenvalue weighted by atomic mass is 9.97.